The van der Waals surface area contributed by atoms with Crippen molar-refractivity contribution >= 4 is 17.3 Å². The predicted molar refractivity (Wildman–Crippen MR) is 66.5 cm³/mol. The molecule has 0 amide bonds. The van der Waals surface area contributed by atoms with Gasteiger partial charge in [-0.1, -0.05) is 0 Å². The Hall–Kier alpha value is -0.980. The zero-order valence-electron chi connectivity index (χ0n) is 10.3. The highest BCUT2D eigenvalue weighted by atomic mass is 32.1. The summed E-state index contributed by atoms with van der Waals surface area (Å²) in [7, 11) is 0. The monoisotopic (exact) mass is 268 g/mol. The zero-order valence-corrected chi connectivity index (χ0v) is 11.1. The molecule has 0 unspecified atom stereocenters. The van der Waals surface area contributed by atoms with E-state index in [1.807, 2.05) is 12.3 Å². The van der Waals surface area contributed by atoms with Gasteiger partial charge in [0.2, 0.25) is 0 Å². The quantitative estimate of drug-likeness (QED) is 0.753. The number of aromatic nitrogens is 1. The second kappa shape index (κ2) is 4.95. The largest absolute Gasteiger partial charge is 0.464 e. The van der Waals surface area contributed by atoms with Crippen molar-refractivity contribution < 1.29 is 14.3 Å². The van der Waals surface area contributed by atoms with Crippen molar-refractivity contribution in [1.29, 1.82) is 0 Å². The maximum absolute atomic E-state index is 11.6. The topological polar surface area (TPSA) is 51.7 Å². The molecule has 1 aromatic heterocycles. The van der Waals surface area contributed by atoms with Gasteiger partial charge in [-0.05, 0) is 6.92 Å². The van der Waals surface area contributed by atoms with Crippen molar-refractivity contribution in [3.05, 3.63) is 16.1 Å². The number of rotatable bonds is 2. The van der Waals surface area contributed by atoms with E-state index in [0.717, 1.165) is 30.2 Å². The van der Waals surface area contributed by atoms with Gasteiger partial charge in [-0.2, -0.15) is 0 Å². The SMILES string of the molecule is Cc1csc([C@H]2CN([C@@H]3CCOC3=O)CCO2)n1. The number of hydrogen-bond donors (Lipinski definition) is 0. The fraction of sp³-hybridized carbons (Fsp3) is 0.667. The zero-order chi connectivity index (χ0) is 12.5. The van der Waals surface area contributed by atoms with Gasteiger partial charge >= 0.3 is 5.97 Å². The summed E-state index contributed by atoms with van der Waals surface area (Å²) in [4.78, 5) is 18.2. The molecule has 2 fully saturated rings. The third kappa shape index (κ3) is 2.28. The number of thiazole rings is 1. The Morgan fingerprint density at radius 3 is 3.06 bits per heavy atom. The van der Waals surface area contributed by atoms with Gasteiger partial charge in [0.25, 0.3) is 0 Å². The second-order valence-corrected chi connectivity index (χ2v) is 5.54. The van der Waals surface area contributed by atoms with Gasteiger partial charge in [-0.15, -0.1) is 11.3 Å². The van der Waals surface area contributed by atoms with Crippen molar-refractivity contribution in [2.75, 3.05) is 26.3 Å². The summed E-state index contributed by atoms with van der Waals surface area (Å²) < 4.78 is 10.8. The van der Waals surface area contributed by atoms with E-state index < -0.39 is 0 Å². The van der Waals surface area contributed by atoms with Crippen LogP contribution in [0.25, 0.3) is 0 Å². The predicted octanol–water partition coefficient (Wildman–Crippen LogP) is 1.14. The minimum Gasteiger partial charge on any atom is -0.464 e. The molecule has 1 aromatic rings. The normalized spacial score (nSPS) is 29.5. The summed E-state index contributed by atoms with van der Waals surface area (Å²) in [5.41, 5.74) is 1.02. The lowest BCUT2D eigenvalue weighted by molar-refractivity contribution is -0.144. The van der Waals surface area contributed by atoms with Gasteiger partial charge in [0, 0.05) is 30.6 Å². The fourth-order valence-electron chi connectivity index (χ4n) is 2.44. The van der Waals surface area contributed by atoms with E-state index in [-0.39, 0.29) is 18.1 Å². The number of hydrogen-bond acceptors (Lipinski definition) is 6. The first-order valence-corrected chi connectivity index (χ1v) is 7.06. The molecule has 0 spiro atoms. The average Bonchev–Trinajstić information content (AvgIpc) is 2.98. The molecule has 2 aliphatic rings. The Bertz CT molecular complexity index is 448. The Labute approximate surface area is 110 Å². The van der Waals surface area contributed by atoms with Crippen molar-refractivity contribution in [3.8, 4) is 0 Å². The van der Waals surface area contributed by atoms with Gasteiger partial charge in [0.15, 0.2) is 0 Å². The lowest BCUT2D eigenvalue weighted by atomic mass is 10.1. The van der Waals surface area contributed by atoms with Crippen LogP contribution in [0.5, 0.6) is 0 Å². The highest BCUT2D eigenvalue weighted by Crippen LogP contribution is 2.27. The van der Waals surface area contributed by atoms with Crippen LogP contribution in [0.4, 0.5) is 0 Å². The van der Waals surface area contributed by atoms with Gasteiger partial charge in [-0.3, -0.25) is 9.69 Å². The molecule has 0 N–H and O–H groups in total. The van der Waals surface area contributed by atoms with Crippen molar-refractivity contribution in [3.63, 3.8) is 0 Å². The lowest BCUT2D eigenvalue weighted by Crippen LogP contribution is -2.46. The first-order valence-electron chi connectivity index (χ1n) is 6.18. The molecule has 0 bridgehead atoms. The molecule has 2 saturated heterocycles. The molecular formula is C12H16N2O3S. The van der Waals surface area contributed by atoms with Crippen LogP contribution in [-0.2, 0) is 14.3 Å². The first kappa shape index (κ1) is 12.1. The standard InChI is InChI=1S/C12H16N2O3S/c1-8-7-18-11(13-8)10-6-14(3-5-16-10)9-2-4-17-12(9)15/h7,9-10H,2-6H2,1H3/t9-,10-/m1/s1. The molecule has 0 aromatic carbocycles. The van der Waals surface area contributed by atoms with Crippen LogP contribution in [0, 0.1) is 6.92 Å². The van der Waals surface area contributed by atoms with E-state index in [0.29, 0.717) is 13.2 Å². The van der Waals surface area contributed by atoms with E-state index in [1.54, 1.807) is 11.3 Å². The number of morpholine rings is 1. The van der Waals surface area contributed by atoms with Crippen LogP contribution in [0.3, 0.4) is 0 Å². The van der Waals surface area contributed by atoms with Gasteiger partial charge in [-0.25, -0.2) is 4.98 Å². The number of carbonyl (C=O) groups is 1. The first-order chi connectivity index (χ1) is 8.74. The third-order valence-corrected chi connectivity index (χ3v) is 4.41. The van der Waals surface area contributed by atoms with Gasteiger partial charge < -0.3 is 9.47 Å². The number of aryl methyl sites for hydroxylation is 1. The molecule has 98 valence electrons. The van der Waals surface area contributed by atoms with E-state index in [9.17, 15) is 4.79 Å². The molecule has 3 heterocycles. The van der Waals surface area contributed by atoms with Gasteiger partial charge in [0.1, 0.15) is 17.2 Å². The number of cyclic esters (lactones) is 1. The van der Waals surface area contributed by atoms with Crippen molar-refractivity contribution in [2.45, 2.75) is 25.5 Å². The van der Waals surface area contributed by atoms with E-state index in [4.69, 9.17) is 9.47 Å². The lowest BCUT2D eigenvalue weighted by Gasteiger charge is -2.34. The van der Waals surface area contributed by atoms with Crippen LogP contribution in [0.1, 0.15) is 23.2 Å². The number of nitrogens with zero attached hydrogens (tertiary/aromatic N) is 2. The summed E-state index contributed by atoms with van der Waals surface area (Å²) in [5, 5.41) is 3.03. The number of carbonyl (C=O) groups excluding carboxylic acids is 1. The van der Waals surface area contributed by atoms with E-state index in [2.05, 4.69) is 9.88 Å². The molecule has 18 heavy (non-hydrogen) atoms. The highest BCUT2D eigenvalue weighted by molar-refractivity contribution is 7.09. The highest BCUT2D eigenvalue weighted by Gasteiger charge is 2.36. The molecule has 3 rings (SSSR count). The molecule has 0 aliphatic carbocycles. The summed E-state index contributed by atoms with van der Waals surface area (Å²) >= 11 is 1.62. The van der Waals surface area contributed by atoms with Crippen LogP contribution in [0.15, 0.2) is 5.38 Å². The second-order valence-electron chi connectivity index (χ2n) is 4.65. The Balaban J connectivity index is 1.70. The molecular weight excluding hydrogens is 252 g/mol. The minimum absolute atomic E-state index is 0.00847. The maximum Gasteiger partial charge on any atom is 0.323 e. The molecule has 6 heteroatoms. The van der Waals surface area contributed by atoms with Crippen LogP contribution in [0.2, 0.25) is 0 Å². The smallest absolute Gasteiger partial charge is 0.323 e. The maximum atomic E-state index is 11.6. The Kier molecular flexibility index (Phi) is 3.32. The number of ether oxygens (including phenoxy) is 2. The van der Waals surface area contributed by atoms with Crippen molar-refractivity contribution in [2.24, 2.45) is 0 Å². The van der Waals surface area contributed by atoms with Crippen LogP contribution in [-0.4, -0.2) is 48.2 Å². The molecule has 2 aliphatic heterocycles. The number of esters is 1. The summed E-state index contributed by atoms with van der Waals surface area (Å²) in [6.45, 7) is 4.69. The molecule has 2 atom stereocenters. The fourth-order valence-corrected chi connectivity index (χ4v) is 3.27. The summed E-state index contributed by atoms with van der Waals surface area (Å²) in [6, 6.07) is -0.0857. The molecule has 0 radical (unpaired) electrons. The van der Waals surface area contributed by atoms with Gasteiger partial charge in [0.05, 0.1) is 13.2 Å². The van der Waals surface area contributed by atoms with E-state index in [1.165, 1.54) is 0 Å². The summed E-state index contributed by atoms with van der Waals surface area (Å²) in [6.07, 6.45) is 0.786. The third-order valence-electron chi connectivity index (χ3n) is 3.36. The van der Waals surface area contributed by atoms with E-state index >= 15 is 0 Å². The van der Waals surface area contributed by atoms with Crippen LogP contribution >= 0.6 is 11.3 Å². The van der Waals surface area contributed by atoms with Crippen LogP contribution < -0.4 is 0 Å². The van der Waals surface area contributed by atoms with Crippen molar-refractivity contribution in [1.82, 2.24) is 9.88 Å². The minimum atomic E-state index is -0.0917. The average molecular weight is 268 g/mol. The Morgan fingerprint density at radius 2 is 2.39 bits per heavy atom. The molecule has 5 nitrogen and oxygen atoms in total. The summed E-state index contributed by atoms with van der Waals surface area (Å²) in [5.74, 6) is -0.0917. The Morgan fingerprint density at radius 1 is 1.50 bits per heavy atom. The molecule has 0 saturated carbocycles.